The highest BCUT2D eigenvalue weighted by molar-refractivity contribution is 6.99. The van der Waals surface area contributed by atoms with Gasteiger partial charge in [0, 0.05) is 6.61 Å². The van der Waals surface area contributed by atoms with E-state index in [2.05, 4.69) is 50.4 Å². The summed E-state index contributed by atoms with van der Waals surface area (Å²) in [6.07, 6.45) is 1.88. The van der Waals surface area contributed by atoms with E-state index < -0.39 is 29.9 Å². The number of hydrogen-bond donors (Lipinski definition) is 1. The van der Waals surface area contributed by atoms with Crippen molar-refractivity contribution in [3.05, 3.63) is 72.6 Å². The van der Waals surface area contributed by atoms with Gasteiger partial charge in [0.25, 0.3) is 18.0 Å². The Morgan fingerprint density at radius 2 is 1.44 bits per heavy atom. The largest absolute Gasteiger partial charge is 0.407 e. The molecular formula is C28H37Cl3FNO2Si. The molecule has 0 aliphatic heterocycles. The van der Waals surface area contributed by atoms with E-state index in [9.17, 15) is 4.79 Å². The fourth-order valence-corrected chi connectivity index (χ4v) is 9.24. The SMILES string of the molecule is CC(C)C[C@H](NC(=O)C(Cl)(Cl)Cl)/C(F)=C/[C@@H](C)CO[Si](c1ccccc1)(c1ccccc1)C(C)(C)C. The molecule has 1 N–H and O–H groups in total. The molecule has 2 atom stereocenters. The molecule has 0 unspecified atom stereocenters. The third-order valence-electron chi connectivity index (χ3n) is 6.03. The van der Waals surface area contributed by atoms with Crippen LogP contribution in [-0.4, -0.2) is 30.7 Å². The molecule has 0 aromatic heterocycles. The van der Waals surface area contributed by atoms with Gasteiger partial charge in [0.05, 0.1) is 6.04 Å². The molecule has 2 rings (SSSR count). The molecule has 0 fully saturated rings. The summed E-state index contributed by atoms with van der Waals surface area (Å²) in [5.41, 5.74) is 0. The average Bonchev–Trinajstić information content (AvgIpc) is 2.78. The number of rotatable bonds is 10. The van der Waals surface area contributed by atoms with Crippen molar-refractivity contribution in [3.63, 3.8) is 0 Å². The second-order valence-corrected chi connectivity index (χ2v) is 17.2. The van der Waals surface area contributed by atoms with E-state index in [1.807, 2.05) is 57.2 Å². The summed E-state index contributed by atoms with van der Waals surface area (Å²) in [5.74, 6) is -1.46. The monoisotopic (exact) mass is 571 g/mol. The molecule has 0 bridgehead atoms. The predicted octanol–water partition coefficient (Wildman–Crippen LogP) is 6.95. The van der Waals surface area contributed by atoms with Gasteiger partial charge in [-0.25, -0.2) is 4.39 Å². The van der Waals surface area contributed by atoms with Gasteiger partial charge >= 0.3 is 0 Å². The average molecular weight is 573 g/mol. The molecule has 0 spiro atoms. The highest BCUT2D eigenvalue weighted by atomic mass is 35.6. The molecule has 0 aliphatic rings. The Bertz CT molecular complexity index is 965. The molecule has 0 heterocycles. The molecular weight excluding hydrogens is 536 g/mol. The number of carbonyl (C=O) groups excluding carboxylic acids is 1. The summed E-state index contributed by atoms with van der Waals surface area (Å²) in [7, 11) is -2.74. The molecule has 2 aromatic rings. The molecule has 198 valence electrons. The molecule has 36 heavy (non-hydrogen) atoms. The zero-order chi connectivity index (χ0) is 27.1. The topological polar surface area (TPSA) is 38.3 Å². The first-order valence-corrected chi connectivity index (χ1v) is 15.2. The van der Waals surface area contributed by atoms with Gasteiger partial charge in [-0.05, 0) is 39.7 Å². The van der Waals surface area contributed by atoms with Gasteiger partial charge in [-0.3, -0.25) is 4.79 Å². The summed E-state index contributed by atoms with van der Waals surface area (Å²) < 4.78 is 20.1. The van der Waals surface area contributed by atoms with E-state index in [0.717, 1.165) is 10.4 Å². The van der Waals surface area contributed by atoms with E-state index in [1.165, 1.54) is 6.08 Å². The molecule has 0 radical (unpaired) electrons. The second-order valence-electron chi connectivity index (χ2n) is 10.7. The standard InChI is InChI=1S/C28H37Cl3FNO2Si/c1-20(2)17-25(33-26(34)28(29,30)31)24(32)18-21(3)19-35-36(27(4,5)6,22-13-9-7-10-14-22)23-15-11-8-12-16-23/h7-16,18,20-21,25H,17,19H2,1-6H3,(H,33,34)/b24-18-/t21-,25+/m1/s1. The Morgan fingerprint density at radius 1 is 0.972 bits per heavy atom. The summed E-state index contributed by atoms with van der Waals surface area (Å²) in [6.45, 7) is 12.7. The molecule has 2 aromatic carbocycles. The zero-order valence-electron chi connectivity index (χ0n) is 21.8. The lowest BCUT2D eigenvalue weighted by Gasteiger charge is -2.43. The number of amides is 1. The van der Waals surface area contributed by atoms with E-state index in [1.54, 1.807) is 0 Å². The first-order valence-electron chi connectivity index (χ1n) is 12.2. The van der Waals surface area contributed by atoms with Crippen molar-refractivity contribution in [2.45, 2.75) is 62.8 Å². The van der Waals surface area contributed by atoms with Crippen LogP contribution in [0.1, 0.15) is 48.0 Å². The number of alkyl halides is 3. The van der Waals surface area contributed by atoms with E-state index in [-0.39, 0.29) is 16.9 Å². The summed E-state index contributed by atoms with van der Waals surface area (Å²) in [4.78, 5) is 12.2. The number of hydrogen-bond acceptors (Lipinski definition) is 2. The van der Waals surface area contributed by atoms with Crippen molar-refractivity contribution in [2.75, 3.05) is 6.61 Å². The van der Waals surface area contributed by atoms with Crippen LogP contribution in [0.3, 0.4) is 0 Å². The van der Waals surface area contributed by atoms with E-state index >= 15 is 4.39 Å². The van der Waals surface area contributed by atoms with Crippen LogP contribution < -0.4 is 15.7 Å². The van der Waals surface area contributed by atoms with Crippen LogP contribution in [0.25, 0.3) is 0 Å². The molecule has 1 amide bonds. The van der Waals surface area contributed by atoms with Gasteiger partial charge in [0.1, 0.15) is 5.83 Å². The summed E-state index contributed by atoms with van der Waals surface area (Å²) in [5, 5.41) is 4.67. The summed E-state index contributed by atoms with van der Waals surface area (Å²) in [6, 6.07) is 19.7. The molecule has 3 nitrogen and oxygen atoms in total. The van der Waals surface area contributed by atoms with E-state index in [0.29, 0.717) is 13.0 Å². The molecule has 0 saturated heterocycles. The predicted molar refractivity (Wildman–Crippen MR) is 154 cm³/mol. The minimum atomic E-state index is -2.74. The highest BCUT2D eigenvalue weighted by Gasteiger charge is 2.50. The van der Waals surface area contributed by atoms with Gasteiger partial charge in [-0.1, -0.05) is 137 Å². The normalized spacial score (nSPS) is 15.0. The third kappa shape index (κ3) is 8.06. The fourth-order valence-electron chi connectivity index (χ4n) is 4.41. The Kier molecular flexibility index (Phi) is 11.1. The fraction of sp³-hybridized carbons (Fsp3) is 0.464. The minimum Gasteiger partial charge on any atom is -0.407 e. The lowest BCUT2D eigenvalue weighted by molar-refractivity contribution is -0.120. The van der Waals surface area contributed by atoms with Crippen LogP contribution in [0, 0.1) is 11.8 Å². The number of benzene rings is 2. The Balaban J connectivity index is 2.37. The van der Waals surface area contributed by atoms with Crippen LogP contribution >= 0.6 is 34.8 Å². The molecule has 0 aliphatic carbocycles. The molecule has 8 heteroatoms. The first-order chi connectivity index (χ1) is 16.7. The van der Waals surface area contributed by atoms with Crippen LogP contribution in [-0.2, 0) is 9.22 Å². The van der Waals surface area contributed by atoms with Crippen LogP contribution in [0.2, 0.25) is 5.04 Å². The Hall–Kier alpha value is -1.37. The second kappa shape index (κ2) is 12.9. The maximum atomic E-state index is 15.4. The zero-order valence-corrected chi connectivity index (χ0v) is 25.1. The van der Waals surface area contributed by atoms with Gasteiger partial charge in [-0.2, -0.15) is 0 Å². The van der Waals surface area contributed by atoms with Crippen molar-refractivity contribution in [2.24, 2.45) is 11.8 Å². The maximum Gasteiger partial charge on any atom is 0.272 e. The smallest absolute Gasteiger partial charge is 0.272 e. The van der Waals surface area contributed by atoms with Crippen molar-refractivity contribution < 1.29 is 13.6 Å². The van der Waals surface area contributed by atoms with Gasteiger partial charge in [0.2, 0.25) is 0 Å². The lowest BCUT2D eigenvalue weighted by atomic mass is 10.0. The van der Waals surface area contributed by atoms with Crippen LogP contribution in [0.5, 0.6) is 0 Å². The Morgan fingerprint density at radius 3 is 1.83 bits per heavy atom. The third-order valence-corrected chi connectivity index (χ3v) is 11.5. The van der Waals surface area contributed by atoms with Crippen LogP contribution in [0.15, 0.2) is 72.6 Å². The highest BCUT2D eigenvalue weighted by Crippen LogP contribution is 2.37. The van der Waals surface area contributed by atoms with Crippen molar-refractivity contribution in [3.8, 4) is 0 Å². The first kappa shape index (κ1) is 30.8. The number of nitrogens with one attached hydrogen (secondary N) is 1. The van der Waals surface area contributed by atoms with E-state index in [4.69, 9.17) is 39.2 Å². The summed E-state index contributed by atoms with van der Waals surface area (Å²) >= 11 is 17.1. The van der Waals surface area contributed by atoms with Crippen molar-refractivity contribution >= 4 is 59.4 Å². The Labute approximate surface area is 231 Å². The quantitative estimate of drug-likeness (QED) is 0.247. The minimum absolute atomic E-state index is 0.119. The number of halogens is 4. The van der Waals surface area contributed by atoms with Crippen molar-refractivity contribution in [1.82, 2.24) is 5.32 Å². The maximum absolute atomic E-state index is 15.4. The lowest BCUT2D eigenvalue weighted by Crippen LogP contribution is -2.66. The van der Waals surface area contributed by atoms with Gasteiger partial charge in [0.15, 0.2) is 0 Å². The van der Waals surface area contributed by atoms with Gasteiger partial charge in [-0.15, -0.1) is 0 Å². The van der Waals surface area contributed by atoms with Gasteiger partial charge < -0.3 is 9.74 Å². The number of carbonyl (C=O) groups is 1. The van der Waals surface area contributed by atoms with Crippen molar-refractivity contribution in [1.29, 1.82) is 0 Å². The van der Waals surface area contributed by atoms with Crippen LogP contribution in [0.4, 0.5) is 4.39 Å². The molecule has 0 saturated carbocycles.